The maximum Gasteiger partial charge on any atom is 0.119 e. The number of methoxy groups -OCH3 is 2. The van der Waals surface area contributed by atoms with E-state index in [-0.39, 0.29) is 0 Å². The summed E-state index contributed by atoms with van der Waals surface area (Å²) in [6.07, 6.45) is 0. The van der Waals surface area contributed by atoms with Gasteiger partial charge in [0.1, 0.15) is 5.75 Å². The predicted octanol–water partition coefficient (Wildman–Crippen LogP) is 4.13. The first-order chi connectivity index (χ1) is 9.15. The smallest absolute Gasteiger partial charge is 0.119 e. The molecule has 19 heavy (non-hydrogen) atoms. The Balaban J connectivity index is 2.39. The van der Waals surface area contributed by atoms with Crippen LogP contribution in [0.3, 0.4) is 0 Å². The summed E-state index contributed by atoms with van der Waals surface area (Å²) >= 11 is 0. The van der Waals surface area contributed by atoms with Gasteiger partial charge in [0.25, 0.3) is 0 Å². The van der Waals surface area contributed by atoms with Crippen molar-refractivity contribution in [1.29, 1.82) is 0 Å². The Kier molecular flexibility index (Phi) is 4.23. The van der Waals surface area contributed by atoms with Crippen LogP contribution in [0.5, 0.6) is 5.75 Å². The zero-order valence-electron chi connectivity index (χ0n) is 12.0. The molecule has 0 aliphatic heterocycles. The number of rotatable bonds is 4. The third-order valence-corrected chi connectivity index (χ3v) is 3.39. The Morgan fingerprint density at radius 2 is 1.68 bits per heavy atom. The van der Waals surface area contributed by atoms with E-state index in [1.54, 1.807) is 14.2 Å². The van der Waals surface area contributed by atoms with Crippen LogP contribution in [0.1, 0.15) is 16.7 Å². The fourth-order valence-electron chi connectivity index (χ4n) is 2.27. The number of hydrogen-bond acceptors (Lipinski definition) is 2. The molecule has 0 unspecified atom stereocenters. The second kappa shape index (κ2) is 5.89. The summed E-state index contributed by atoms with van der Waals surface area (Å²) in [5.41, 5.74) is 6.19. The van der Waals surface area contributed by atoms with Crippen LogP contribution in [0.2, 0.25) is 0 Å². The molecule has 0 saturated heterocycles. The maximum atomic E-state index is 5.24. The fourth-order valence-corrected chi connectivity index (χ4v) is 2.27. The molecule has 0 fully saturated rings. The lowest BCUT2D eigenvalue weighted by molar-refractivity contribution is 0.184. The molecule has 0 bridgehead atoms. The van der Waals surface area contributed by atoms with Gasteiger partial charge >= 0.3 is 0 Å². The van der Waals surface area contributed by atoms with Crippen molar-refractivity contribution in [3.05, 3.63) is 53.1 Å². The Morgan fingerprint density at radius 3 is 2.26 bits per heavy atom. The van der Waals surface area contributed by atoms with Crippen molar-refractivity contribution in [1.82, 2.24) is 0 Å². The number of ether oxygens (including phenoxy) is 2. The lowest BCUT2D eigenvalue weighted by atomic mass is 9.97. The first-order valence-corrected chi connectivity index (χ1v) is 6.39. The zero-order chi connectivity index (χ0) is 13.8. The standard InChI is InChI=1S/C17H20O2/c1-12-9-14(5-6-15(12)11-18-3)17-8-7-16(19-4)10-13(17)2/h5-10H,11H2,1-4H3. The van der Waals surface area contributed by atoms with Crippen molar-refractivity contribution in [3.63, 3.8) is 0 Å². The SMILES string of the molecule is COCc1ccc(-c2ccc(OC)cc2C)cc1C. The molecule has 0 aliphatic rings. The summed E-state index contributed by atoms with van der Waals surface area (Å²) < 4.78 is 10.4. The van der Waals surface area contributed by atoms with Gasteiger partial charge in [-0.3, -0.25) is 0 Å². The third kappa shape index (κ3) is 2.96. The van der Waals surface area contributed by atoms with Crippen LogP contribution in [-0.2, 0) is 11.3 Å². The fraction of sp³-hybridized carbons (Fsp3) is 0.294. The van der Waals surface area contributed by atoms with Gasteiger partial charge in [-0.15, -0.1) is 0 Å². The summed E-state index contributed by atoms with van der Waals surface area (Å²) in [4.78, 5) is 0. The quantitative estimate of drug-likeness (QED) is 0.819. The highest BCUT2D eigenvalue weighted by molar-refractivity contribution is 5.69. The van der Waals surface area contributed by atoms with Gasteiger partial charge in [0.05, 0.1) is 13.7 Å². The normalized spacial score (nSPS) is 10.5. The average Bonchev–Trinajstić information content (AvgIpc) is 2.41. The van der Waals surface area contributed by atoms with Gasteiger partial charge in [-0.25, -0.2) is 0 Å². The molecular formula is C17H20O2. The Hall–Kier alpha value is -1.80. The number of benzene rings is 2. The van der Waals surface area contributed by atoms with Crippen molar-refractivity contribution in [3.8, 4) is 16.9 Å². The van der Waals surface area contributed by atoms with E-state index >= 15 is 0 Å². The van der Waals surface area contributed by atoms with Crippen molar-refractivity contribution in [2.45, 2.75) is 20.5 Å². The van der Waals surface area contributed by atoms with Gasteiger partial charge in [0, 0.05) is 7.11 Å². The van der Waals surface area contributed by atoms with Crippen molar-refractivity contribution in [2.24, 2.45) is 0 Å². The van der Waals surface area contributed by atoms with Gasteiger partial charge < -0.3 is 9.47 Å². The molecule has 0 saturated carbocycles. The predicted molar refractivity (Wildman–Crippen MR) is 78.6 cm³/mol. The summed E-state index contributed by atoms with van der Waals surface area (Å²) in [5, 5.41) is 0. The van der Waals surface area contributed by atoms with Crippen LogP contribution in [0.4, 0.5) is 0 Å². The van der Waals surface area contributed by atoms with Crippen molar-refractivity contribution in [2.75, 3.05) is 14.2 Å². The lowest BCUT2D eigenvalue weighted by Crippen LogP contribution is -1.93. The minimum Gasteiger partial charge on any atom is -0.497 e. The molecule has 2 heteroatoms. The topological polar surface area (TPSA) is 18.5 Å². The summed E-state index contributed by atoms with van der Waals surface area (Å²) in [7, 11) is 3.42. The molecule has 0 spiro atoms. The van der Waals surface area contributed by atoms with E-state index in [1.807, 2.05) is 6.07 Å². The van der Waals surface area contributed by atoms with E-state index in [0.717, 1.165) is 5.75 Å². The van der Waals surface area contributed by atoms with Crippen LogP contribution in [-0.4, -0.2) is 14.2 Å². The second-order valence-electron chi connectivity index (χ2n) is 4.76. The van der Waals surface area contributed by atoms with E-state index in [1.165, 1.54) is 27.8 Å². The molecule has 100 valence electrons. The minimum atomic E-state index is 0.660. The van der Waals surface area contributed by atoms with Crippen LogP contribution >= 0.6 is 0 Å². The van der Waals surface area contributed by atoms with E-state index in [2.05, 4.69) is 44.2 Å². The number of hydrogen-bond donors (Lipinski definition) is 0. The van der Waals surface area contributed by atoms with Gasteiger partial charge in [-0.1, -0.05) is 24.3 Å². The molecule has 0 atom stereocenters. The molecule has 0 radical (unpaired) electrons. The molecule has 0 aromatic heterocycles. The van der Waals surface area contributed by atoms with Crippen LogP contribution in [0.15, 0.2) is 36.4 Å². The van der Waals surface area contributed by atoms with Gasteiger partial charge in [0.15, 0.2) is 0 Å². The summed E-state index contributed by atoms with van der Waals surface area (Å²) in [6.45, 7) is 4.89. The van der Waals surface area contributed by atoms with Gasteiger partial charge in [0.2, 0.25) is 0 Å². The highest BCUT2D eigenvalue weighted by atomic mass is 16.5. The molecular weight excluding hydrogens is 236 g/mol. The van der Waals surface area contributed by atoms with Crippen LogP contribution in [0, 0.1) is 13.8 Å². The molecule has 2 rings (SSSR count). The highest BCUT2D eigenvalue weighted by Crippen LogP contribution is 2.28. The molecule has 0 aliphatic carbocycles. The molecule has 2 aromatic rings. The monoisotopic (exact) mass is 256 g/mol. The zero-order valence-corrected chi connectivity index (χ0v) is 12.0. The average molecular weight is 256 g/mol. The Labute approximate surface area is 115 Å². The molecule has 2 aromatic carbocycles. The minimum absolute atomic E-state index is 0.660. The Morgan fingerprint density at radius 1 is 0.895 bits per heavy atom. The molecule has 0 amide bonds. The van der Waals surface area contributed by atoms with Crippen LogP contribution < -0.4 is 4.74 Å². The maximum absolute atomic E-state index is 5.24. The third-order valence-electron chi connectivity index (χ3n) is 3.39. The second-order valence-corrected chi connectivity index (χ2v) is 4.76. The van der Waals surface area contributed by atoms with E-state index in [0.29, 0.717) is 6.61 Å². The molecule has 0 heterocycles. The van der Waals surface area contributed by atoms with E-state index in [4.69, 9.17) is 9.47 Å². The Bertz CT molecular complexity index is 573. The van der Waals surface area contributed by atoms with Gasteiger partial charge in [-0.05, 0) is 53.8 Å². The van der Waals surface area contributed by atoms with Crippen molar-refractivity contribution >= 4 is 0 Å². The highest BCUT2D eigenvalue weighted by Gasteiger charge is 2.06. The lowest BCUT2D eigenvalue weighted by Gasteiger charge is -2.11. The number of aryl methyl sites for hydroxylation is 2. The summed E-state index contributed by atoms with van der Waals surface area (Å²) in [6, 6.07) is 12.7. The van der Waals surface area contributed by atoms with E-state index in [9.17, 15) is 0 Å². The first-order valence-electron chi connectivity index (χ1n) is 6.39. The van der Waals surface area contributed by atoms with Crippen LogP contribution in [0.25, 0.3) is 11.1 Å². The first kappa shape index (κ1) is 13.6. The largest absolute Gasteiger partial charge is 0.497 e. The van der Waals surface area contributed by atoms with Gasteiger partial charge in [-0.2, -0.15) is 0 Å². The summed E-state index contributed by atoms with van der Waals surface area (Å²) in [5.74, 6) is 0.897. The molecule has 2 nitrogen and oxygen atoms in total. The molecule has 0 N–H and O–H groups in total. The van der Waals surface area contributed by atoms with Crippen molar-refractivity contribution < 1.29 is 9.47 Å². The van der Waals surface area contributed by atoms with E-state index < -0.39 is 0 Å².